The third-order valence-corrected chi connectivity index (χ3v) is 5.73. The first-order valence-electron chi connectivity index (χ1n) is 9.88. The minimum atomic E-state index is 0.131. The number of phenols is 1. The van der Waals surface area contributed by atoms with Crippen LogP contribution in [0.25, 0.3) is 21.7 Å². The quantitative estimate of drug-likeness (QED) is 0.574. The van der Waals surface area contributed by atoms with Crippen molar-refractivity contribution in [2.24, 2.45) is 0 Å². The van der Waals surface area contributed by atoms with Crippen LogP contribution in [-0.4, -0.2) is 42.1 Å². The Bertz CT molecular complexity index is 1170. The first kappa shape index (κ1) is 17.6. The molecule has 0 bridgehead atoms. The van der Waals surface area contributed by atoms with Gasteiger partial charge in [0.1, 0.15) is 11.3 Å². The lowest BCUT2D eigenvalue weighted by Crippen LogP contribution is -2.49. The maximum Gasteiger partial charge on any atom is 0.227 e. The number of furan rings is 1. The van der Waals surface area contributed by atoms with E-state index in [9.17, 15) is 9.90 Å². The lowest BCUT2D eigenvalue weighted by molar-refractivity contribution is -0.130. The zero-order chi connectivity index (χ0) is 19.8. The van der Waals surface area contributed by atoms with Gasteiger partial charge in [-0.3, -0.25) is 4.79 Å². The summed E-state index contributed by atoms with van der Waals surface area (Å²) in [4.78, 5) is 17.1. The molecule has 4 aromatic rings. The van der Waals surface area contributed by atoms with Crippen LogP contribution in [0.5, 0.6) is 5.75 Å². The molecule has 2 heterocycles. The molecule has 0 spiro atoms. The molecule has 5 nitrogen and oxygen atoms in total. The zero-order valence-electron chi connectivity index (χ0n) is 16.0. The molecule has 1 N–H and O–H groups in total. The molecular formula is C24H22N2O3. The number of piperazine rings is 1. The molecule has 5 rings (SSSR count). The Morgan fingerprint density at radius 2 is 1.69 bits per heavy atom. The van der Waals surface area contributed by atoms with Crippen molar-refractivity contribution < 1.29 is 14.3 Å². The first-order chi connectivity index (χ1) is 14.2. The maximum absolute atomic E-state index is 13.0. The van der Waals surface area contributed by atoms with E-state index in [1.165, 1.54) is 0 Å². The highest BCUT2D eigenvalue weighted by molar-refractivity contribution is 6.08. The summed E-state index contributed by atoms with van der Waals surface area (Å²) in [5.74, 6) is 0.397. The molecule has 0 radical (unpaired) electrons. The van der Waals surface area contributed by atoms with E-state index in [0.29, 0.717) is 19.5 Å². The van der Waals surface area contributed by atoms with Gasteiger partial charge in [-0.1, -0.05) is 30.3 Å². The van der Waals surface area contributed by atoms with Crippen LogP contribution in [0.2, 0.25) is 0 Å². The topological polar surface area (TPSA) is 56.9 Å². The van der Waals surface area contributed by atoms with Crippen LogP contribution >= 0.6 is 0 Å². The number of hydrogen-bond donors (Lipinski definition) is 1. The molecule has 0 aliphatic carbocycles. The Morgan fingerprint density at radius 1 is 0.931 bits per heavy atom. The Labute approximate surface area is 168 Å². The molecule has 3 aromatic carbocycles. The number of amides is 1. The number of carbonyl (C=O) groups is 1. The lowest BCUT2D eigenvalue weighted by Gasteiger charge is -2.36. The number of carbonyl (C=O) groups excluding carboxylic acids is 1. The third kappa shape index (κ3) is 3.29. The van der Waals surface area contributed by atoms with Crippen molar-refractivity contribution in [3.8, 4) is 5.75 Å². The monoisotopic (exact) mass is 386 g/mol. The average molecular weight is 386 g/mol. The SMILES string of the molecule is O=C(Cc1coc2ccc3ccccc3c12)N1CCN(c2ccc(O)cc2)CC1. The second-order valence-electron chi connectivity index (χ2n) is 7.48. The molecule has 146 valence electrons. The van der Waals surface area contributed by atoms with Crippen LogP contribution in [-0.2, 0) is 11.2 Å². The van der Waals surface area contributed by atoms with E-state index in [0.717, 1.165) is 46.1 Å². The maximum atomic E-state index is 13.0. The van der Waals surface area contributed by atoms with Gasteiger partial charge >= 0.3 is 0 Å². The fourth-order valence-electron chi connectivity index (χ4n) is 4.16. The Kier molecular flexibility index (Phi) is 4.35. The van der Waals surface area contributed by atoms with Crippen LogP contribution in [0.15, 0.2) is 71.3 Å². The minimum absolute atomic E-state index is 0.131. The molecule has 1 amide bonds. The van der Waals surface area contributed by atoms with Crippen molar-refractivity contribution in [3.63, 3.8) is 0 Å². The molecule has 0 unspecified atom stereocenters. The molecule has 1 fully saturated rings. The van der Waals surface area contributed by atoms with E-state index in [2.05, 4.69) is 23.1 Å². The summed E-state index contributed by atoms with van der Waals surface area (Å²) >= 11 is 0. The molecule has 1 aliphatic rings. The standard InChI is InChI=1S/C24H22N2O3/c27-20-8-6-19(7-9-20)25-11-13-26(14-12-25)23(28)15-18-16-29-22-10-5-17-3-1-2-4-21(17)24(18)22/h1-10,16,27H,11-15H2. The largest absolute Gasteiger partial charge is 0.508 e. The number of rotatable bonds is 3. The summed E-state index contributed by atoms with van der Waals surface area (Å²) in [6.45, 7) is 2.95. The molecule has 0 atom stereocenters. The number of anilines is 1. The molecule has 1 aromatic heterocycles. The molecule has 29 heavy (non-hydrogen) atoms. The molecule has 5 heteroatoms. The van der Waals surface area contributed by atoms with E-state index < -0.39 is 0 Å². The van der Waals surface area contributed by atoms with Crippen molar-refractivity contribution in [1.29, 1.82) is 0 Å². The fourth-order valence-corrected chi connectivity index (χ4v) is 4.16. The van der Waals surface area contributed by atoms with Gasteiger partial charge in [-0.15, -0.1) is 0 Å². The fraction of sp³-hybridized carbons (Fsp3) is 0.208. The number of phenolic OH excluding ortho intramolecular Hbond substituents is 1. The molecule has 0 saturated carbocycles. The number of fused-ring (bicyclic) bond motifs is 3. The molecule has 1 aliphatic heterocycles. The average Bonchev–Trinajstić information content (AvgIpc) is 3.18. The van der Waals surface area contributed by atoms with Crippen molar-refractivity contribution in [3.05, 3.63) is 72.5 Å². The van der Waals surface area contributed by atoms with Gasteiger partial charge in [0.25, 0.3) is 0 Å². The van der Waals surface area contributed by atoms with Gasteiger partial charge < -0.3 is 19.3 Å². The Hall–Kier alpha value is -3.47. The van der Waals surface area contributed by atoms with Gasteiger partial charge in [0.05, 0.1) is 12.7 Å². The Morgan fingerprint density at radius 3 is 2.48 bits per heavy atom. The number of hydrogen-bond acceptors (Lipinski definition) is 4. The second-order valence-corrected chi connectivity index (χ2v) is 7.48. The highest BCUT2D eigenvalue weighted by Gasteiger charge is 2.23. The van der Waals surface area contributed by atoms with E-state index >= 15 is 0 Å². The normalized spacial score (nSPS) is 14.6. The molecule has 1 saturated heterocycles. The van der Waals surface area contributed by atoms with Crippen molar-refractivity contribution in [1.82, 2.24) is 4.90 Å². The number of aromatic hydroxyl groups is 1. The third-order valence-electron chi connectivity index (χ3n) is 5.73. The zero-order valence-corrected chi connectivity index (χ0v) is 16.0. The molecular weight excluding hydrogens is 364 g/mol. The summed E-state index contributed by atoms with van der Waals surface area (Å²) in [6, 6.07) is 19.4. The summed E-state index contributed by atoms with van der Waals surface area (Å²) in [5, 5.41) is 12.8. The van der Waals surface area contributed by atoms with Crippen molar-refractivity contribution in [2.75, 3.05) is 31.1 Å². The summed E-state index contributed by atoms with van der Waals surface area (Å²) in [7, 11) is 0. The van der Waals surface area contributed by atoms with Crippen LogP contribution in [0.4, 0.5) is 5.69 Å². The predicted molar refractivity (Wildman–Crippen MR) is 114 cm³/mol. The van der Waals surface area contributed by atoms with Gasteiger partial charge in [-0.2, -0.15) is 0 Å². The second kappa shape index (κ2) is 7.17. The highest BCUT2D eigenvalue weighted by atomic mass is 16.3. The minimum Gasteiger partial charge on any atom is -0.508 e. The van der Waals surface area contributed by atoms with Crippen LogP contribution in [0.3, 0.4) is 0 Å². The first-order valence-corrected chi connectivity index (χ1v) is 9.88. The number of nitrogens with zero attached hydrogens (tertiary/aromatic N) is 2. The van der Waals surface area contributed by atoms with Gasteiger partial charge in [0, 0.05) is 42.8 Å². The Balaban J connectivity index is 1.31. The predicted octanol–water partition coefficient (Wildman–Crippen LogP) is 4.18. The summed E-state index contributed by atoms with van der Waals surface area (Å²) in [5.41, 5.74) is 2.84. The highest BCUT2D eigenvalue weighted by Crippen LogP contribution is 2.30. The van der Waals surface area contributed by atoms with Crippen LogP contribution < -0.4 is 4.90 Å². The van der Waals surface area contributed by atoms with Crippen molar-refractivity contribution in [2.45, 2.75) is 6.42 Å². The summed E-state index contributed by atoms with van der Waals surface area (Å²) < 4.78 is 5.73. The smallest absolute Gasteiger partial charge is 0.227 e. The van der Waals surface area contributed by atoms with Gasteiger partial charge in [-0.25, -0.2) is 0 Å². The summed E-state index contributed by atoms with van der Waals surface area (Å²) in [6.07, 6.45) is 2.07. The van der Waals surface area contributed by atoms with Crippen LogP contribution in [0, 0.1) is 0 Å². The van der Waals surface area contributed by atoms with Crippen LogP contribution in [0.1, 0.15) is 5.56 Å². The van der Waals surface area contributed by atoms with Gasteiger partial charge in [-0.05, 0) is 41.1 Å². The number of benzene rings is 3. The lowest BCUT2D eigenvalue weighted by atomic mass is 10.0. The van der Waals surface area contributed by atoms with E-state index in [1.54, 1.807) is 18.4 Å². The van der Waals surface area contributed by atoms with Crippen molar-refractivity contribution >= 4 is 33.3 Å². The van der Waals surface area contributed by atoms with E-state index in [4.69, 9.17) is 4.42 Å². The van der Waals surface area contributed by atoms with E-state index in [-0.39, 0.29) is 11.7 Å². The van der Waals surface area contributed by atoms with E-state index in [1.807, 2.05) is 35.2 Å². The van der Waals surface area contributed by atoms with Gasteiger partial charge in [0.2, 0.25) is 5.91 Å². The van der Waals surface area contributed by atoms with Gasteiger partial charge in [0.15, 0.2) is 0 Å².